The molecule has 0 radical (unpaired) electrons. The minimum absolute atomic E-state index is 0.0306. The standard InChI is InChI=1S/C12H21N3O3/c13-7-11(16)14-8-12(17)15-5-6-18-10-4-2-1-3-9(10)15/h9-10H,1-8,13H2,(H,14,16). The van der Waals surface area contributed by atoms with Crippen molar-refractivity contribution in [1.82, 2.24) is 10.2 Å². The second kappa shape index (κ2) is 6.15. The van der Waals surface area contributed by atoms with Crippen LogP contribution in [0.4, 0.5) is 0 Å². The lowest BCUT2D eigenvalue weighted by molar-refractivity contribution is -0.149. The summed E-state index contributed by atoms with van der Waals surface area (Å²) in [6.07, 6.45) is 4.53. The Bertz CT molecular complexity index is 320. The average Bonchev–Trinajstić information content (AvgIpc) is 2.43. The molecule has 6 heteroatoms. The second-order valence-corrected chi connectivity index (χ2v) is 4.83. The Balaban J connectivity index is 1.89. The first-order valence-corrected chi connectivity index (χ1v) is 6.60. The third-order valence-electron chi connectivity index (χ3n) is 3.67. The highest BCUT2D eigenvalue weighted by Gasteiger charge is 2.36. The van der Waals surface area contributed by atoms with E-state index in [-0.39, 0.29) is 37.0 Å². The van der Waals surface area contributed by atoms with Gasteiger partial charge < -0.3 is 20.7 Å². The van der Waals surface area contributed by atoms with Gasteiger partial charge in [-0.1, -0.05) is 12.8 Å². The molecule has 2 aliphatic rings. The van der Waals surface area contributed by atoms with Gasteiger partial charge in [-0.2, -0.15) is 0 Å². The van der Waals surface area contributed by atoms with Crippen molar-refractivity contribution in [3.8, 4) is 0 Å². The molecule has 2 fully saturated rings. The van der Waals surface area contributed by atoms with Crippen LogP contribution in [0, 0.1) is 0 Å². The lowest BCUT2D eigenvalue weighted by atomic mass is 9.90. The number of carbonyl (C=O) groups is 2. The fraction of sp³-hybridized carbons (Fsp3) is 0.833. The monoisotopic (exact) mass is 255 g/mol. The summed E-state index contributed by atoms with van der Waals surface area (Å²) in [7, 11) is 0. The number of fused-ring (bicyclic) bond motifs is 1. The summed E-state index contributed by atoms with van der Waals surface area (Å²) in [5.74, 6) is -0.325. The van der Waals surface area contributed by atoms with Crippen LogP contribution in [0.3, 0.4) is 0 Å². The number of nitrogens with zero attached hydrogens (tertiary/aromatic N) is 1. The molecule has 3 N–H and O–H groups in total. The third kappa shape index (κ3) is 3.00. The third-order valence-corrected chi connectivity index (χ3v) is 3.67. The zero-order valence-electron chi connectivity index (χ0n) is 10.6. The van der Waals surface area contributed by atoms with Gasteiger partial charge in [-0.3, -0.25) is 9.59 Å². The second-order valence-electron chi connectivity index (χ2n) is 4.83. The van der Waals surface area contributed by atoms with Gasteiger partial charge in [0.2, 0.25) is 11.8 Å². The molecule has 1 aliphatic heterocycles. The molecule has 1 aliphatic carbocycles. The molecular formula is C12H21N3O3. The van der Waals surface area contributed by atoms with Gasteiger partial charge in [0.05, 0.1) is 31.8 Å². The Morgan fingerprint density at radius 3 is 2.89 bits per heavy atom. The topological polar surface area (TPSA) is 84.7 Å². The van der Waals surface area contributed by atoms with Gasteiger partial charge in [0.15, 0.2) is 0 Å². The molecule has 1 heterocycles. The van der Waals surface area contributed by atoms with E-state index in [0.717, 1.165) is 19.3 Å². The zero-order chi connectivity index (χ0) is 13.0. The van der Waals surface area contributed by atoms with Crippen molar-refractivity contribution in [3.05, 3.63) is 0 Å². The lowest BCUT2D eigenvalue weighted by Crippen LogP contribution is -2.56. The van der Waals surface area contributed by atoms with E-state index in [9.17, 15) is 9.59 Å². The van der Waals surface area contributed by atoms with Crippen LogP contribution in [-0.4, -0.2) is 55.1 Å². The van der Waals surface area contributed by atoms with Gasteiger partial charge in [-0.05, 0) is 12.8 Å². The Morgan fingerprint density at radius 1 is 1.33 bits per heavy atom. The number of ether oxygens (including phenoxy) is 1. The van der Waals surface area contributed by atoms with E-state index in [2.05, 4.69) is 5.32 Å². The molecule has 2 unspecified atom stereocenters. The fourth-order valence-electron chi connectivity index (χ4n) is 2.75. The van der Waals surface area contributed by atoms with Crippen molar-refractivity contribution in [2.45, 2.75) is 37.8 Å². The highest BCUT2D eigenvalue weighted by molar-refractivity contribution is 5.85. The maximum atomic E-state index is 12.1. The predicted molar refractivity (Wildman–Crippen MR) is 65.8 cm³/mol. The maximum Gasteiger partial charge on any atom is 0.242 e. The summed E-state index contributed by atoms with van der Waals surface area (Å²) in [4.78, 5) is 25.0. The predicted octanol–water partition coefficient (Wildman–Crippen LogP) is -0.769. The normalized spacial score (nSPS) is 27.5. The zero-order valence-corrected chi connectivity index (χ0v) is 10.6. The largest absolute Gasteiger partial charge is 0.374 e. The minimum Gasteiger partial charge on any atom is -0.374 e. The van der Waals surface area contributed by atoms with Crippen LogP contribution < -0.4 is 11.1 Å². The minimum atomic E-state index is -0.295. The highest BCUT2D eigenvalue weighted by atomic mass is 16.5. The van der Waals surface area contributed by atoms with Crippen molar-refractivity contribution in [2.24, 2.45) is 5.73 Å². The van der Waals surface area contributed by atoms with Crippen LogP contribution in [-0.2, 0) is 14.3 Å². The van der Waals surface area contributed by atoms with Crippen LogP contribution in [0.15, 0.2) is 0 Å². The quantitative estimate of drug-likeness (QED) is 0.693. The number of rotatable bonds is 3. The van der Waals surface area contributed by atoms with Crippen molar-refractivity contribution >= 4 is 11.8 Å². The van der Waals surface area contributed by atoms with Crippen LogP contribution >= 0.6 is 0 Å². The van der Waals surface area contributed by atoms with E-state index >= 15 is 0 Å². The van der Waals surface area contributed by atoms with E-state index in [1.54, 1.807) is 0 Å². The fourth-order valence-corrected chi connectivity index (χ4v) is 2.75. The van der Waals surface area contributed by atoms with Crippen LogP contribution in [0.5, 0.6) is 0 Å². The number of nitrogens with two attached hydrogens (primary N) is 1. The van der Waals surface area contributed by atoms with E-state index in [4.69, 9.17) is 10.5 Å². The Labute approximate surface area is 107 Å². The van der Waals surface area contributed by atoms with Crippen molar-refractivity contribution in [2.75, 3.05) is 26.2 Å². The summed E-state index contributed by atoms with van der Waals surface area (Å²) in [6.45, 7) is 1.18. The summed E-state index contributed by atoms with van der Waals surface area (Å²) < 4.78 is 5.71. The van der Waals surface area contributed by atoms with Gasteiger partial charge in [-0.25, -0.2) is 0 Å². The number of carbonyl (C=O) groups excluding carboxylic acids is 2. The van der Waals surface area contributed by atoms with Crippen molar-refractivity contribution in [3.63, 3.8) is 0 Å². The van der Waals surface area contributed by atoms with Gasteiger partial charge in [0.25, 0.3) is 0 Å². The van der Waals surface area contributed by atoms with Gasteiger partial charge in [0.1, 0.15) is 0 Å². The number of hydrogen-bond donors (Lipinski definition) is 2. The molecule has 18 heavy (non-hydrogen) atoms. The van der Waals surface area contributed by atoms with Crippen LogP contribution in [0.25, 0.3) is 0 Å². The van der Waals surface area contributed by atoms with Gasteiger partial charge in [-0.15, -0.1) is 0 Å². The Morgan fingerprint density at radius 2 is 2.11 bits per heavy atom. The molecule has 102 valence electrons. The summed E-state index contributed by atoms with van der Waals surface area (Å²) >= 11 is 0. The lowest BCUT2D eigenvalue weighted by Gasteiger charge is -2.43. The van der Waals surface area contributed by atoms with E-state index < -0.39 is 0 Å². The highest BCUT2D eigenvalue weighted by Crippen LogP contribution is 2.28. The van der Waals surface area contributed by atoms with E-state index in [1.165, 1.54) is 6.42 Å². The Hall–Kier alpha value is -1.14. The Kier molecular flexibility index (Phi) is 4.54. The molecular weight excluding hydrogens is 234 g/mol. The summed E-state index contributed by atoms with van der Waals surface area (Å²) in [5, 5.41) is 2.53. The molecule has 6 nitrogen and oxygen atoms in total. The first-order chi connectivity index (χ1) is 8.72. The number of morpholine rings is 1. The number of nitrogens with one attached hydrogen (secondary N) is 1. The molecule has 2 amide bonds. The molecule has 2 rings (SSSR count). The van der Waals surface area contributed by atoms with Crippen molar-refractivity contribution in [1.29, 1.82) is 0 Å². The molecule has 1 saturated heterocycles. The van der Waals surface area contributed by atoms with E-state index in [0.29, 0.717) is 13.2 Å². The van der Waals surface area contributed by atoms with Gasteiger partial charge in [0, 0.05) is 6.54 Å². The molecule has 1 saturated carbocycles. The summed E-state index contributed by atoms with van der Waals surface area (Å²) in [5.41, 5.74) is 5.19. The maximum absolute atomic E-state index is 12.1. The van der Waals surface area contributed by atoms with Gasteiger partial charge >= 0.3 is 0 Å². The molecule has 0 aromatic heterocycles. The van der Waals surface area contributed by atoms with Crippen molar-refractivity contribution < 1.29 is 14.3 Å². The first-order valence-electron chi connectivity index (χ1n) is 6.60. The van der Waals surface area contributed by atoms with E-state index in [1.807, 2.05) is 4.90 Å². The average molecular weight is 255 g/mol. The number of hydrogen-bond acceptors (Lipinski definition) is 4. The smallest absolute Gasteiger partial charge is 0.242 e. The molecule has 2 atom stereocenters. The van der Waals surface area contributed by atoms with Crippen LogP contribution in [0.1, 0.15) is 25.7 Å². The van der Waals surface area contributed by atoms with Crippen LogP contribution in [0.2, 0.25) is 0 Å². The summed E-state index contributed by atoms with van der Waals surface area (Å²) in [6, 6.07) is 0.190. The SMILES string of the molecule is NCC(=O)NCC(=O)N1CCOC2CCCCC21. The molecule has 0 spiro atoms. The molecule has 0 aromatic carbocycles. The molecule has 0 aromatic rings. The molecule has 0 bridgehead atoms. The number of amides is 2. The first kappa shape index (κ1) is 13.3.